The first-order chi connectivity index (χ1) is 13.1. The number of benzene rings is 2. The van der Waals surface area contributed by atoms with Gasteiger partial charge in [-0.2, -0.15) is 0 Å². The van der Waals surface area contributed by atoms with E-state index in [1.807, 2.05) is 0 Å². The highest BCUT2D eigenvalue weighted by molar-refractivity contribution is 5.94. The number of hydrogen-bond donors (Lipinski definition) is 2. The number of fused-ring (bicyclic) bond motifs is 2. The van der Waals surface area contributed by atoms with Crippen molar-refractivity contribution in [2.24, 2.45) is 0 Å². The number of nitrogens with one attached hydrogen (secondary N) is 2. The first kappa shape index (κ1) is 16.9. The fourth-order valence-electron chi connectivity index (χ4n) is 3.14. The van der Waals surface area contributed by atoms with Crippen molar-refractivity contribution < 1.29 is 14.3 Å². The van der Waals surface area contributed by atoms with Crippen molar-refractivity contribution in [1.29, 1.82) is 0 Å². The third-order valence-corrected chi connectivity index (χ3v) is 4.48. The zero-order valence-corrected chi connectivity index (χ0v) is 14.5. The Hall–Kier alpha value is -3.55. The molecule has 1 unspecified atom stereocenters. The molecular formula is C19H17N3O5. The highest BCUT2D eigenvalue weighted by Crippen LogP contribution is 2.34. The summed E-state index contributed by atoms with van der Waals surface area (Å²) in [7, 11) is 0. The molecule has 138 valence electrons. The van der Waals surface area contributed by atoms with Gasteiger partial charge in [-0.3, -0.25) is 9.59 Å². The number of nitrogens with zero attached hydrogens (tertiary/aromatic N) is 1. The third-order valence-electron chi connectivity index (χ3n) is 4.48. The van der Waals surface area contributed by atoms with Crippen LogP contribution in [-0.2, 0) is 4.79 Å². The summed E-state index contributed by atoms with van der Waals surface area (Å²) in [6, 6.07) is 10.8. The molecule has 0 bridgehead atoms. The number of hydrogen-bond acceptors (Lipinski definition) is 5. The summed E-state index contributed by atoms with van der Waals surface area (Å²) in [5, 5.41) is 3.09. The van der Waals surface area contributed by atoms with Gasteiger partial charge < -0.3 is 19.8 Å². The van der Waals surface area contributed by atoms with E-state index in [1.54, 1.807) is 49.4 Å². The maximum Gasteiger partial charge on any atom is 0.329 e. The molecule has 2 heterocycles. The molecule has 0 saturated carbocycles. The normalized spacial score (nSPS) is 13.5. The van der Waals surface area contributed by atoms with Crippen LogP contribution in [0.15, 0.2) is 52.1 Å². The first-order valence-electron chi connectivity index (χ1n) is 8.52. The minimum Gasteiger partial charge on any atom is -0.454 e. The van der Waals surface area contributed by atoms with Crippen LogP contribution in [0.4, 0.5) is 5.69 Å². The number of amides is 1. The topological polar surface area (TPSA) is 102 Å². The van der Waals surface area contributed by atoms with Crippen LogP contribution in [0.2, 0.25) is 0 Å². The molecule has 4 rings (SSSR count). The standard InChI is InChI=1S/C19H17N3O5/c1-2-14(17(23)20-11-7-8-15-16(9-11)27-10-26-15)22-18(24)12-5-3-4-6-13(12)21-19(22)25/h3-9,14H,2,10H2,1H3,(H,20,23)(H,21,25). The molecule has 27 heavy (non-hydrogen) atoms. The second kappa shape index (κ2) is 6.64. The summed E-state index contributed by atoms with van der Waals surface area (Å²) < 4.78 is 11.5. The molecule has 0 spiro atoms. The van der Waals surface area contributed by atoms with E-state index in [1.165, 1.54) is 0 Å². The van der Waals surface area contributed by atoms with Gasteiger partial charge in [0.2, 0.25) is 12.7 Å². The minimum absolute atomic E-state index is 0.131. The summed E-state index contributed by atoms with van der Waals surface area (Å²) in [6.07, 6.45) is 0.276. The van der Waals surface area contributed by atoms with Gasteiger partial charge in [0.15, 0.2) is 11.5 Å². The maximum absolute atomic E-state index is 12.8. The Kier molecular flexibility index (Phi) is 4.15. The lowest BCUT2D eigenvalue weighted by atomic mass is 10.1. The van der Waals surface area contributed by atoms with Crippen molar-refractivity contribution in [2.75, 3.05) is 12.1 Å². The molecule has 0 saturated heterocycles. The van der Waals surface area contributed by atoms with Gasteiger partial charge in [-0.25, -0.2) is 9.36 Å². The molecule has 8 heteroatoms. The Bertz CT molecular complexity index is 1150. The average molecular weight is 367 g/mol. The van der Waals surface area contributed by atoms with E-state index in [4.69, 9.17) is 9.47 Å². The third kappa shape index (κ3) is 2.95. The number of carbonyl (C=O) groups is 1. The van der Waals surface area contributed by atoms with E-state index >= 15 is 0 Å². The van der Waals surface area contributed by atoms with E-state index in [0.29, 0.717) is 28.1 Å². The Morgan fingerprint density at radius 2 is 1.96 bits per heavy atom. The van der Waals surface area contributed by atoms with Crippen LogP contribution in [0.5, 0.6) is 11.5 Å². The number of anilines is 1. The number of aromatic nitrogens is 2. The number of ether oxygens (including phenoxy) is 2. The zero-order valence-electron chi connectivity index (χ0n) is 14.5. The SMILES string of the molecule is CCC(C(=O)Nc1ccc2c(c1)OCO2)n1c(=O)[nH]c2ccccc2c1=O. The van der Waals surface area contributed by atoms with E-state index in [9.17, 15) is 14.4 Å². The lowest BCUT2D eigenvalue weighted by Gasteiger charge is -2.17. The van der Waals surface area contributed by atoms with Gasteiger partial charge in [0.1, 0.15) is 6.04 Å². The second-order valence-corrected chi connectivity index (χ2v) is 6.13. The fourth-order valence-corrected chi connectivity index (χ4v) is 3.14. The lowest BCUT2D eigenvalue weighted by Crippen LogP contribution is -2.42. The monoisotopic (exact) mass is 367 g/mol. The van der Waals surface area contributed by atoms with E-state index in [0.717, 1.165) is 4.57 Å². The van der Waals surface area contributed by atoms with Crippen molar-refractivity contribution in [3.05, 3.63) is 63.3 Å². The quantitative estimate of drug-likeness (QED) is 0.734. The number of rotatable bonds is 4. The highest BCUT2D eigenvalue weighted by Gasteiger charge is 2.24. The average Bonchev–Trinajstić information content (AvgIpc) is 3.12. The Labute approximate surface area is 153 Å². The maximum atomic E-state index is 12.8. The Balaban J connectivity index is 1.70. The Morgan fingerprint density at radius 1 is 1.19 bits per heavy atom. The van der Waals surface area contributed by atoms with E-state index in [-0.39, 0.29) is 13.2 Å². The molecular weight excluding hydrogens is 350 g/mol. The van der Waals surface area contributed by atoms with Crippen LogP contribution in [0.3, 0.4) is 0 Å². The van der Waals surface area contributed by atoms with Gasteiger partial charge >= 0.3 is 5.69 Å². The molecule has 1 atom stereocenters. The fraction of sp³-hybridized carbons (Fsp3) is 0.211. The predicted octanol–water partition coefficient (Wildman–Crippen LogP) is 2.01. The summed E-state index contributed by atoms with van der Waals surface area (Å²) in [5.74, 6) is 0.669. The van der Waals surface area contributed by atoms with Crippen LogP contribution in [-0.4, -0.2) is 22.3 Å². The van der Waals surface area contributed by atoms with E-state index < -0.39 is 23.2 Å². The van der Waals surface area contributed by atoms with Crippen LogP contribution >= 0.6 is 0 Å². The van der Waals surface area contributed by atoms with Crippen LogP contribution in [0.25, 0.3) is 10.9 Å². The number of para-hydroxylation sites is 1. The zero-order chi connectivity index (χ0) is 19.0. The molecule has 0 fully saturated rings. The molecule has 2 aromatic carbocycles. The molecule has 3 aromatic rings. The van der Waals surface area contributed by atoms with Crippen molar-refractivity contribution in [3.8, 4) is 11.5 Å². The van der Waals surface area contributed by atoms with Gasteiger partial charge in [0.05, 0.1) is 10.9 Å². The minimum atomic E-state index is -0.948. The molecule has 1 aliphatic heterocycles. The molecule has 1 aromatic heterocycles. The lowest BCUT2D eigenvalue weighted by molar-refractivity contribution is -0.119. The number of aromatic amines is 1. The van der Waals surface area contributed by atoms with Gasteiger partial charge in [-0.15, -0.1) is 0 Å². The van der Waals surface area contributed by atoms with Gasteiger partial charge in [0, 0.05) is 11.8 Å². The van der Waals surface area contributed by atoms with Gasteiger partial charge in [0.25, 0.3) is 5.56 Å². The summed E-state index contributed by atoms with van der Waals surface area (Å²) in [6.45, 7) is 1.87. The largest absolute Gasteiger partial charge is 0.454 e. The Morgan fingerprint density at radius 3 is 2.78 bits per heavy atom. The van der Waals surface area contributed by atoms with Gasteiger partial charge in [-0.05, 0) is 30.7 Å². The first-order valence-corrected chi connectivity index (χ1v) is 8.52. The van der Waals surface area contributed by atoms with Crippen LogP contribution in [0, 0.1) is 0 Å². The number of H-pyrrole nitrogens is 1. The number of carbonyl (C=O) groups excluding carboxylic acids is 1. The highest BCUT2D eigenvalue weighted by atomic mass is 16.7. The predicted molar refractivity (Wildman–Crippen MR) is 99.4 cm³/mol. The molecule has 1 amide bonds. The van der Waals surface area contributed by atoms with Gasteiger partial charge in [-0.1, -0.05) is 19.1 Å². The molecule has 0 radical (unpaired) electrons. The van der Waals surface area contributed by atoms with Crippen molar-refractivity contribution in [1.82, 2.24) is 9.55 Å². The molecule has 8 nitrogen and oxygen atoms in total. The second-order valence-electron chi connectivity index (χ2n) is 6.13. The molecule has 2 N–H and O–H groups in total. The van der Waals surface area contributed by atoms with E-state index in [2.05, 4.69) is 10.3 Å². The molecule has 1 aliphatic rings. The van der Waals surface area contributed by atoms with Crippen molar-refractivity contribution >= 4 is 22.5 Å². The molecule has 0 aliphatic carbocycles. The van der Waals surface area contributed by atoms with Crippen molar-refractivity contribution in [2.45, 2.75) is 19.4 Å². The summed E-state index contributed by atoms with van der Waals surface area (Å²) in [4.78, 5) is 40.7. The van der Waals surface area contributed by atoms with Crippen molar-refractivity contribution in [3.63, 3.8) is 0 Å². The van der Waals surface area contributed by atoms with Crippen LogP contribution < -0.4 is 26.0 Å². The smallest absolute Gasteiger partial charge is 0.329 e. The summed E-state index contributed by atoms with van der Waals surface area (Å²) >= 11 is 0. The summed E-state index contributed by atoms with van der Waals surface area (Å²) in [5.41, 5.74) is -0.184. The van der Waals surface area contributed by atoms with Crippen LogP contribution in [0.1, 0.15) is 19.4 Å².